The van der Waals surface area contributed by atoms with Gasteiger partial charge in [-0.2, -0.15) is 0 Å². The van der Waals surface area contributed by atoms with Crippen molar-refractivity contribution in [2.45, 2.75) is 32.4 Å². The number of methoxy groups -OCH3 is 2. The third-order valence-electron chi connectivity index (χ3n) is 4.90. The summed E-state index contributed by atoms with van der Waals surface area (Å²) in [6.45, 7) is 4.70. The van der Waals surface area contributed by atoms with Gasteiger partial charge in [0, 0.05) is 16.8 Å². The number of β-amino-alcohol motifs (C(OH)–C–C–N with tert-alkyl or cyclic N) is 1. The Balaban J connectivity index is 1.87. The molecule has 0 saturated carbocycles. The van der Waals surface area contributed by atoms with Gasteiger partial charge in [0.15, 0.2) is 0 Å². The fourth-order valence-electron chi connectivity index (χ4n) is 3.54. The number of fused-ring (bicyclic) bond motifs is 1. The minimum atomic E-state index is -0.843. The summed E-state index contributed by atoms with van der Waals surface area (Å²) in [5.41, 5.74) is 3.31. The molecule has 1 aliphatic rings. The molecule has 3 rings (SSSR count). The SMILES string of the molecule is COc1ccc(OC)c2c1CN(C(=O)Nc1ccccc1C(C)C)C[C@@H]2O. The van der Waals surface area contributed by atoms with Gasteiger partial charge in [0.25, 0.3) is 0 Å². The third-order valence-corrected chi connectivity index (χ3v) is 4.90. The first kappa shape index (κ1) is 19.0. The molecule has 0 fully saturated rings. The van der Waals surface area contributed by atoms with E-state index < -0.39 is 6.10 Å². The minimum Gasteiger partial charge on any atom is -0.496 e. The molecule has 2 aromatic carbocycles. The van der Waals surface area contributed by atoms with Crippen LogP contribution in [-0.2, 0) is 6.54 Å². The van der Waals surface area contributed by atoms with Crippen LogP contribution in [0.5, 0.6) is 11.5 Å². The van der Waals surface area contributed by atoms with Crippen molar-refractivity contribution in [2.24, 2.45) is 0 Å². The van der Waals surface area contributed by atoms with Crippen LogP contribution in [0.1, 0.15) is 42.6 Å². The first-order valence-electron chi connectivity index (χ1n) is 9.03. The van der Waals surface area contributed by atoms with Gasteiger partial charge in [-0.15, -0.1) is 0 Å². The second kappa shape index (κ2) is 7.88. The summed E-state index contributed by atoms with van der Waals surface area (Å²) in [5, 5.41) is 13.6. The average Bonchev–Trinajstić information content (AvgIpc) is 2.67. The maximum absolute atomic E-state index is 12.9. The topological polar surface area (TPSA) is 71.0 Å². The van der Waals surface area contributed by atoms with Crippen molar-refractivity contribution in [3.63, 3.8) is 0 Å². The summed E-state index contributed by atoms with van der Waals surface area (Å²) >= 11 is 0. The molecule has 1 aliphatic heterocycles. The van der Waals surface area contributed by atoms with Crippen LogP contribution in [0.2, 0.25) is 0 Å². The third kappa shape index (κ3) is 3.71. The Labute approximate surface area is 159 Å². The van der Waals surface area contributed by atoms with E-state index in [9.17, 15) is 9.90 Å². The number of hydrogen-bond acceptors (Lipinski definition) is 4. The van der Waals surface area contributed by atoms with Crippen LogP contribution in [0.15, 0.2) is 36.4 Å². The van der Waals surface area contributed by atoms with Crippen molar-refractivity contribution in [2.75, 3.05) is 26.1 Å². The van der Waals surface area contributed by atoms with Crippen LogP contribution in [0.3, 0.4) is 0 Å². The van der Waals surface area contributed by atoms with E-state index in [1.807, 2.05) is 24.3 Å². The number of rotatable bonds is 4. The lowest BCUT2D eigenvalue weighted by Crippen LogP contribution is -2.41. The zero-order valence-corrected chi connectivity index (χ0v) is 16.2. The van der Waals surface area contributed by atoms with E-state index in [1.54, 1.807) is 31.3 Å². The number of urea groups is 1. The van der Waals surface area contributed by atoms with Crippen molar-refractivity contribution >= 4 is 11.7 Å². The lowest BCUT2D eigenvalue weighted by atomic mass is 9.95. The van der Waals surface area contributed by atoms with Gasteiger partial charge in [0.2, 0.25) is 0 Å². The molecule has 0 bridgehead atoms. The Morgan fingerprint density at radius 3 is 2.48 bits per heavy atom. The van der Waals surface area contributed by atoms with E-state index >= 15 is 0 Å². The first-order chi connectivity index (χ1) is 13.0. The average molecular weight is 370 g/mol. The summed E-state index contributed by atoms with van der Waals surface area (Å²) in [6, 6.07) is 11.1. The maximum atomic E-state index is 12.9. The highest BCUT2D eigenvalue weighted by atomic mass is 16.5. The second-order valence-corrected chi connectivity index (χ2v) is 6.93. The molecular formula is C21H26N2O4. The first-order valence-corrected chi connectivity index (χ1v) is 9.03. The molecule has 144 valence electrons. The van der Waals surface area contributed by atoms with Crippen molar-refractivity contribution in [3.05, 3.63) is 53.1 Å². The molecule has 6 heteroatoms. The van der Waals surface area contributed by atoms with Crippen molar-refractivity contribution in [1.29, 1.82) is 0 Å². The van der Waals surface area contributed by atoms with Gasteiger partial charge in [-0.25, -0.2) is 4.79 Å². The lowest BCUT2D eigenvalue weighted by molar-refractivity contribution is 0.105. The predicted molar refractivity (Wildman–Crippen MR) is 104 cm³/mol. The fourth-order valence-corrected chi connectivity index (χ4v) is 3.54. The number of anilines is 1. The number of amides is 2. The molecule has 27 heavy (non-hydrogen) atoms. The number of benzene rings is 2. The second-order valence-electron chi connectivity index (χ2n) is 6.93. The molecule has 2 N–H and O–H groups in total. The molecule has 0 radical (unpaired) electrons. The van der Waals surface area contributed by atoms with Crippen molar-refractivity contribution < 1.29 is 19.4 Å². The summed E-state index contributed by atoms with van der Waals surface area (Å²) in [7, 11) is 3.14. The van der Waals surface area contributed by atoms with Gasteiger partial charge >= 0.3 is 6.03 Å². The van der Waals surface area contributed by atoms with E-state index in [0.717, 1.165) is 16.8 Å². The van der Waals surface area contributed by atoms with Crippen LogP contribution < -0.4 is 14.8 Å². The number of aliphatic hydroxyl groups excluding tert-OH is 1. The summed E-state index contributed by atoms with van der Waals surface area (Å²) < 4.78 is 10.8. The molecule has 2 aromatic rings. The molecule has 2 amide bonds. The Hall–Kier alpha value is -2.73. The minimum absolute atomic E-state index is 0.187. The highest BCUT2D eigenvalue weighted by molar-refractivity contribution is 5.90. The van der Waals surface area contributed by atoms with E-state index in [1.165, 1.54) is 0 Å². The number of ether oxygens (including phenoxy) is 2. The van der Waals surface area contributed by atoms with Gasteiger partial charge in [-0.3, -0.25) is 0 Å². The molecule has 0 spiro atoms. The molecule has 0 unspecified atom stereocenters. The highest BCUT2D eigenvalue weighted by Gasteiger charge is 2.32. The van der Waals surface area contributed by atoms with Gasteiger partial charge < -0.3 is 24.8 Å². The molecule has 6 nitrogen and oxygen atoms in total. The summed E-state index contributed by atoms with van der Waals surface area (Å²) in [5.74, 6) is 1.52. The zero-order valence-electron chi connectivity index (χ0n) is 16.2. The highest BCUT2D eigenvalue weighted by Crippen LogP contribution is 2.39. The van der Waals surface area contributed by atoms with Crippen LogP contribution >= 0.6 is 0 Å². The number of carbonyl (C=O) groups is 1. The van der Waals surface area contributed by atoms with E-state index in [-0.39, 0.29) is 12.6 Å². The zero-order chi connectivity index (χ0) is 19.6. The number of nitrogens with zero attached hydrogens (tertiary/aromatic N) is 1. The fraction of sp³-hybridized carbons (Fsp3) is 0.381. The Morgan fingerprint density at radius 1 is 1.15 bits per heavy atom. The Kier molecular flexibility index (Phi) is 5.56. The summed E-state index contributed by atoms with van der Waals surface area (Å²) in [4.78, 5) is 14.5. The van der Waals surface area contributed by atoms with Crippen molar-refractivity contribution in [1.82, 2.24) is 4.90 Å². The maximum Gasteiger partial charge on any atom is 0.322 e. The standard InChI is InChI=1S/C21H26N2O4/c1-13(2)14-7-5-6-8-16(14)22-21(25)23-11-15-18(26-3)9-10-19(27-4)20(15)17(24)12-23/h5-10,13,17,24H,11-12H2,1-4H3,(H,22,25)/t17-/m0/s1. The van der Waals surface area contributed by atoms with Crippen LogP contribution in [-0.4, -0.2) is 36.8 Å². The molecule has 0 aliphatic carbocycles. The van der Waals surface area contributed by atoms with Gasteiger partial charge in [0.1, 0.15) is 17.6 Å². The van der Waals surface area contributed by atoms with E-state index in [2.05, 4.69) is 19.2 Å². The quantitative estimate of drug-likeness (QED) is 0.856. The monoisotopic (exact) mass is 370 g/mol. The Bertz CT molecular complexity index is 835. The lowest BCUT2D eigenvalue weighted by Gasteiger charge is -2.34. The Morgan fingerprint density at radius 2 is 1.81 bits per heavy atom. The van der Waals surface area contributed by atoms with Crippen LogP contribution in [0, 0.1) is 0 Å². The van der Waals surface area contributed by atoms with Gasteiger partial charge in [0.05, 0.1) is 27.3 Å². The number of nitrogens with one attached hydrogen (secondary N) is 1. The smallest absolute Gasteiger partial charge is 0.322 e. The summed E-state index contributed by atoms with van der Waals surface area (Å²) in [6.07, 6.45) is -0.843. The molecule has 1 heterocycles. The van der Waals surface area contributed by atoms with Crippen molar-refractivity contribution in [3.8, 4) is 11.5 Å². The normalized spacial score (nSPS) is 16.1. The predicted octanol–water partition coefficient (Wildman–Crippen LogP) is 3.91. The van der Waals surface area contributed by atoms with Crippen LogP contribution in [0.4, 0.5) is 10.5 Å². The molecule has 0 aromatic heterocycles. The molecular weight excluding hydrogens is 344 g/mol. The molecule has 1 atom stereocenters. The molecule has 0 saturated heterocycles. The van der Waals surface area contributed by atoms with E-state index in [0.29, 0.717) is 29.5 Å². The van der Waals surface area contributed by atoms with E-state index in [4.69, 9.17) is 9.47 Å². The van der Waals surface area contributed by atoms with Gasteiger partial charge in [-0.1, -0.05) is 32.0 Å². The van der Waals surface area contributed by atoms with Crippen LogP contribution in [0.25, 0.3) is 0 Å². The van der Waals surface area contributed by atoms with Gasteiger partial charge in [-0.05, 0) is 29.7 Å². The number of aliphatic hydroxyl groups is 1. The number of para-hydroxylation sites is 1. The largest absolute Gasteiger partial charge is 0.496 e. The number of hydrogen-bond donors (Lipinski definition) is 2. The number of carbonyl (C=O) groups excluding carboxylic acids is 1.